The van der Waals surface area contributed by atoms with Gasteiger partial charge in [-0.1, -0.05) is 12.1 Å². The SMILES string of the molecule is CN=C1NC(N)(c2cc(OC)c(-n3cnc(C)n3)cc2F)NC2=C1CCC2c1ccc(F)cc1. The maximum atomic E-state index is 15.6. The number of nitrogens with two attached hydrogens (primary N) is 1. The minimum absolute atomic E-state index is 0.0419. The summed E-state index contributed by atoms with van der Waals surface area (Å²) in [6.07, 6.45) is 3.05. The molecule has 2 aliphatic rings. The summed E-state index contributed by atoms with van der Waals surface area (Å²) in [6.45, 7) is 1.74. The third-order valence-electron chi connectivity index (χ3n) is 6.33. The Morgan fingerprint density at radius 1 is 1.21 bits per heavy atom. The van der Waals surface area contributed by atoms with Crippen LogP contribution in [-0.2, 0) is 5.79 Å². The number of rotatable bonds is 4. The number of nitrogens with zero attached hydrogens (tertiary/aromatic N) is 4. The van der Waals surface area contributed by atoms with E-state index >= 15 is 4.39 Å². The molecule has 0 spiro atoms. The molecule has 2 aromatic carbocycles. The Morgan fingerprint density at radius 2 is 1.97 bits per heavy atom. The quantitative estimate of drug-likeness (QED) is 0.548. The summed E-state index contributed by atoms with van der Waals surface area (Å²) in [5.74, 6) is -0.864. The van der Waals surface area contributed by atoms with E-state index < -0.39 is 11.6 Å². The van der Waals surface area contributed by atoms with Gasteiger partial charge in [0.05, 0.1) is 12.7 Å². The molecular formula is C24H25F2N7O. The zero-order valence-corrected chi connectivity index (χ0v) is 19.1. The van der Waals surface area contributed by atoms with Gasteiger partial charge in [-0.05, 0) is 43.5 Å². The number of aryl methyl sites for hydroxylation is 1. The van der Waals surface area contributed by atoms with Gasteiger partial charge in [0.25, 0.3) is 0 Å². The molecule has 1 aromatic heterocycles. The molecule has 3 aromatic rings. The van der Waals surface area contributed by atoms with Gasteiger partial charge in [-0.3, -0.25) is 10.7 Å². The summed E-state index contributed by atoms with van der Waals surface area (Å²) < 4.78 is 36.0. The summed E-state index contributed by atoms with van der Waals surface area (Å²) in [6, 6.07) is 9.27. The van der Waals surface area contributed by atoms with Crippen molar-refractivity contribution in [1.82, 2.24) is 25.4 Å². The minimum Gasteiger partial charge on any atom is -0.494 e. The summed E-state index contributed by atoms with van der Waals surface area (Å²) in [5.41, 5.74) is 10.1. The average Bonchev–Trinajstić information content (AvgIpc) is 3.45. The lowest BCUT2D eigenvalue weighted by molar-refractivity contribution is 0.315. The molecule has 2 atom stereocenters. The minimum atomic E-state index is -1.50. The van der Waals surface area contributed by atoms with E-state index in [1.165, 1.54) is 36.3 Å². The fraction of sp³-hybridized carbons (Fsp3) is 0.292. The predicted octanol–water partition coefficient (Wildman–Crippen LogP) is 2.98. The van der Waals surface area contributed by atoms with Crippen LogP contribution in [0.3, 0.4) is 0 Å². The zero-order chi connectivity index (χ0) is 24.0. The molecule has 2 heterocycles. The normalized spacial score (nSPS) is 23.0. The van der Waals surface area contributed by atoms with E-state index in [1.807, 2.05) is 0 Å². The maximum Gasteiger partial charge on any atom is 0.193 e. The second-order valence-electron chi connectivity index (χ2n) is 8.41. The van der Waals surface area contributed by atoms with Crippen molar-refractivity contribution in [1.29, 1.82) is 0 Å². The molecule has 0 fully saturated rings. The van der Waals surface area contributed by atoms with E-state index in [0.717, 1.165) is 29.7 Å². The van der Waals surface area contributed by atoms with E-state index in [9.17, 15) is 4.39 Å². The van der Waals surface area contributed by atoms with E-state index in [0.29, 0.717) is 23.1 Å². The fourth-order valence-corrected chi connectivity index (χ4v) is 4.70. The van der Waals surface area contributed by atoms with Gasteiger partial charge in [-0.15, -0.1) is 0 Å². The first-order valence-corrected chi connectivity index (χ1v) is 10.9. The summed E-state index contributed by atoms with van der Waals surface area (Å²) in [7, 11) is 3.16. The van der Waals surface area contributed by atoms with Gasteiger partial charge in [0.2, 0.25) is 0 Å². The van der Waals surface area contributed by atoms with Gasteiger partial charge in [-0.25, -0.2) is 18.4 Å². The molecule has 34 heavy (non-hydrogen) atoms. The zero-order valence-electron chi connectivity index (χ0n) is 19.1. The number of amidine groups is 1. The highest BCUT2D eigenvalue weighted by atomic mass is 19.1. The summed E-state index contributed by atoms with van der Waals surface area (Å²) in [4.78, 5) is 8.49. The van der Waals surface area contributed by atoms with Crippen LogP contribution < -0.4 is 21.1 Å². The molecule has 4 N–H and O–H groups in total. The molecule has 0 amide bonds. The van der Waals surface area contributed by atoms with Crippen LogP contribution in [-0.4, -0.2) is 34.8 Å². The van der Waals surface area contributed by atoms with Crippen molar-refractivity contribution in [3.05, 3.63) is 82.6 Å². The molecule has 1 aliphatic carbocycles. The van der Waals surface area contributed by atoms with Crippen LogP contribution in [0.15, 0.2) is 59.0 Å². The third-order valence-corrected chi connectivity index (χ3v) is 6.33. The first-order valence-electron chi connectivity index (χ1n) is 10.9. The molecule has 0 bridgehead atoms. The van der Waals surface area contributed by atoms with Crippen LogP contribution >= 0.6 is 0 Å². The van der Waals surface area contributed by atoms with Gasteiger partial charge in [-0.2, -0.15) is 5.10 Å². The number of aliphatic imine (C=N–C) groups is 1. The topological polar surface area (TPSA) is 102 Å². The van der Waals surface area contributed by atoms with Crippen LogP contribution in [0.25, 0.3) is 5.69 Å². The number of nitrogens with one attached hydrogen (secondary N) is 2. The largest absolute Gasteiger partial charge is 0.494 e. The molecule has 0 radical (unpaired) electrons. The lowest BCUT2D eigenvalue weighted by Gasteiger charge is -2.40. The molecule has 0 saturated heterocycles. The number of ether oxygens (including phenoxy) is 1. The van der Waals surface area contributed by atoms with Crippen LogP contribution in [0.1, 0.15) is 35.7 Å². The standard InChI is InChI=1S/C24H25F2N7O/c1-13-29-12-33(32-13)20-11-19(26)18(10-21(20)34-3)24(27)30-22-16(14-4-6-15(25)7-5-14)8-9-17(22)23(28-2)31-24/h4-7,10-12,16,30H,8-9,27H2,1-3H3,(H,28,31). The summed E-state index contributed by atoms with van der Waals surface area (Å²) >= 11 is 0. The van der Waals surface area contributed by atoms with Crippen molar-refractivity contribution < 1.29 is 13.5 Å². The van der Waals surface area contributed by atoms with Crippen LogP contribution in [0, 0.1) is 18.6 Å². The first kappa shape index (κ1) is 22.0. The van der Waals surface area contributed by atoms with Crippen LogP contribution in [0.4, 0.5) is 8.78 Å². The van der Waals surface area contributed by atoms with Gasteiger partial charge >= 0.3 is 0 Å². The Bertz CT molecular complexity index is 1320. The highest BCUT2D eigenvalue weighted by Crippen LogP contribution is 2.42. The lowest BCUT2D eigenvalue weighted by atomic mass is 9.94. The third kappa shape index (κ3) is 3.60. The average molecular weight is 466 g/mol. The number of benzene rings is 2. The second-order valence-corrected chi connectivity index (χ2v) is 8.41. The first-order chi connectivity index (χ1) is 16.3. The van der Waals surface area contributed by atoms with Gasteiger partial charge in [0, 0.05) is 30.3 Å². The molecule has 1 aliphatic heterocycles. The molecule has 0 saturated carbocycles. The number of allylic oxidation sites excluding steroid dienone is 1. The van der Waals surface area contributed by atoms with Gasteiger partial charge in [0.1, 0.15) is 41.1 Å². The monoisotopic (exact) mass is 465 g/mol. The lowest BCUT2D eigenvalue weighted by Crippen LogP contribution is -2.65. The smallest absolute Gasteiger partial charge is 0.193 e. The van der Waals surface area contributed by atoms with Gasteiger partial charge in [0.15, 0.2) is 5.79 Å². The van der Waals surface area contributed by atoms with Crippen LogP contribution in [0.2, 0.25) is 0 Å². The van der Waals surface area contributed by atoms with Crippen molar-refractivity contribution in [2.75, 3.05) is 14.2 Å². The molecule has 10 heteroatoms. The van der Waals surface area contributed by atoms with E-state index in [4.69, 9.17) is 10.5 Å². The van der Waals surface area contributed by atoms with E-state index in [1.54, 1.807) is 32.2 Å². The van der Waals surface area contributed by atoms with Crippen molar-refractivity contribution in [2.45, 2.75) is 31.5 Å². The van der Waals surface area contributed by atoms with Crippen LogP contribution in [0.5, 0.6) is 5.75 Å². The molecule has 5 rings (SSSR count). The Hall–Kier alpha value is -3.79. The molecule has 176 valence electrons. The number of methoxy groups -OCH3 is 1. The molecular weight excluding hydrogens is 440 g/mol. The second kappa shape index (κ2) is 8.21. The fourth-order valence-electron chi connectivity index (χ4n) is 4.70. The van der Waals surface area contributed by atoms with Crippen molar-refractivity contribution in [3.8, 4) is 11.4 Å². The van der Waals surface area contributed by atoms with E-state index in [2.05, 4.69) is 25.7 Å². The number of halogens is 2. The Labute approximate surface area is 195 Å². The molecule has 8 nitrogen and oxygen atoms in total. The number of hydrogen-bond acceptors (Lipinski definition) is 6. The number of aromatic nitrogens is 3. The van der Waals surface area contributed by atoms with Crippen molar-refractivity contribution in [2.24, 2.45) is 10.7 Å². The highest BCUT2D eigenvalue weighted by Gasteiger charge is 2.43. The summed E-state index contributed by atoms with van der Waals surface area (Å²) in [5, 5.41) is 10.8. The Morgan fingerprint density at radius 3 is 2.62 bits per heavy atom. The Kier molecular flexibility index (Phi) is 5.32. The number of hydrogen-bond donors (Lipinski definition) is 3. The van der Waals surface area contributed by atoms with Gasteiger partial charge < -0.3 is 15.4 Å². The highest BCUT2D eigenvalue weighted by molar-refractivity contribution is 6.01. The maximum absolute atomic E-state index is 15.6. The Balaban J connectivity index is 1.57. The molecule has 2 unspecified atom stereocenters. The predicted molar refractivity (Wildman–Crippen MR) is 124 cm³/mol. The van der Waals surface area contributed by atoms with E-state index in [-0.39, 0.29) is 17.3 Å². The van der Waals surface area contributed by atoms with Crippen molar-refractivity contribution in [3.63, 3.8) is 0 Å². The van der Waals surface area contributed by atoms with Crippen molar-refractivity contribution >= 4 is 5.84 Å².